The van der Waals surface area contributed by atoms with Gasteiger partial charge in [-0.2, -0.15) is 4.31 Å². The number of nitrogens with zero attached hydrogens (tertiary/aromatic N) is 1. The summed E-state index contributed by atoms with van der Waals surface area (Å²) >= 11 is 0. The smallest absolute Gasteiger partial charge is 0.255 e. The molecule has 0 spiro atoms. The van der Waals surface area contributed by atoms with Crippen LogP contribution >= 0.6 is 0 Å². The summed E-state index contributed by atoms with van der Waals surface area (Å²) in [6.45, 7) is 1.17. The highest BCUT2D eigenvalue weighted by molar-refractivity contribution is 7.89. The molecular formula is C24H25N3O5S. The maximum absolute atomic E-state index is 13.1. The molecule has 4 rings (SSSR count). The fourth-order valence-electron chi connectivity index (χ4n) is 3.47. The number of carbonyl (C=O) groups is 1. The van der Waals surface area contributed by atoms with E-state index in [9.17, 15) is 13.2 Å². The summed E-state index contributed by atoms with van der Waals surface area (Å²) < 4.78 is 38.1. The van der Waals surface area contributed by atoms with Crippen molar-refractivity contribution in [1.82, 2.24) is 4.31 Å². The van der Waals surface area contributed by atoms with E-state index in [0.29, 0.717) is 18.9 Å². The minimum Gasteiger partial charge on any atom is -0.495 e. The zero-order chi connectivity index (χ0) is 23.3. The van der Waals surface area contributed by atoms with Crippen molar-refractivity contribution in [2.24, 2.45) is 0 Å². The Morgan fingerprint density at radius 2 is 1.55 bits per heavy atom. The molecule has 0 aromatic heterocycles. The molecule has 0 saturated carbocycles. The SMILES string of the molecule is COc1ccc(C(=O)Nc2ccc(Nc3ccccc3)cc2)cc1S(=O)(=O)N1CCOCC1. The lowest BCUT2D eigenvalue weighted by Gasteiger charge is -2.26. The van der Waals surface area contributed by atoms with Gasteiger partial charge in [-0.15, -0.1) is 0 Å². The highest BCUT2D eigenvalue weighted by atomic mass is 32.2. The molecule has 1 fully saturated rings. The van der Waals surface area contributed by atoms with Crippen molar-refractivity contribution in [2.45, 2.75) is 4.90 Å². The van der Waals surface area contributed by atoms with Crippen LogP contribution in [0.5, 0.6) is 5.75 Å². The van der Waals surface area contributed by atoms with Gasteiger partial charge in [0.25, 0.3) is 5.91 Å². The molecule has 8 nitrogen and oxygen atoms in total. The third-order valence-electron chi connectivity index (χ3n) is 5.22. The molecule has 0 aliphatic carbocycles. The lowest BCUT2D eigenvalue weighted by Crippen LogP contribution is -2.40. The van der Waals surface area contributed by atoms with Crippen molar-refractivity contribution in [3.05, 3.63) is 78.4 Å². The first kappa shape index (κ1) is 22.8. The number of carbonyl (C=O) groups excluding carboxylic acids is 1. The van der Waals surface area contributed by atoms with Crippen molar-refractivity contribution >= 4 is 33.0 Å². The Balaban J connectivity index is 1.51. The minimum absolute atomic E-state index is 0.0399. The van der Waals surface area contributed by atoms with Gasteiger partial charge in [0.1, 0.15) is 10.6 Å². The number of amides is 1. The highest BCUT2D eigenvalue weighted by Gasteiger charge is 2.30. The number of sulfonamides is 1. The molecule has 9 heteroatoms. The number of benzene rings is 3. The quantitative estimate of drug-likeness (QED) is 0.550. The zero-order valence-electron chi connectivity index (χ0n) is 18.2. The largest absolute Gasteiger partial charge is 0.495 e. The van der Waals surface area contributed by atoms with Crippen molar-refractivity contribution in [1.29, 1.82) is 0 Å². The number of methoxy groups -OCH3 is 1. The van der Waals surface area contributed by atoms with Gasteiger partial charge in [-0.25, -0.2) is 8.42 Å². The number of para-hydroxylation sites is 1. The predicted octanol–water partition coefficient (Wildman–Crippen LogP) is 3.71. The fourth-order valence-corrected chi connectivity index (χ4v) is 5.06. The number of hydrogen-bond acceptors (Lipinski definition) is 6. The summed E-state index contributed by atoms with van der Waals surface area (Å²) in [7, 11) is -2.43. The summed E-state index contributed by atoms with van der Waals surface area (Å²) in [6.07, 6.45) is 0. The summed E-state index contributed by atoms with van der Waals surface area (Å²) in [5, 5.41) is 6.09. The average Bonchev–Trinajstić information content (AvgIpc) is 2.86. The van der Waals surface area contributed by atoms with Crippen LogP contribution in [-0.2, 0) is 14.8 Å². The molecule has 3 aromatic rings. The van der Waals surface area contributed by atoms with E-state index in [1.54, 1.807) is 12.1 Å². The highest BCUT2D eigenvalue weighted by Crippen LogP contribution is 2.29. The molecule has 1 aliphatic heterocycles. The Labute approximate surface area is 193 Å². The van der Waals surface area contributed by atoms with Gasteiger partial charge in [-0.1, -0.05) is 18.2 Å². The van der Waals surface area contributed by atoms with Gasteiger partial charge in [0.15, 0.2) is 0 Å². The van der Waals surface area contributed by atoms with E-state index in [1.165, 1.54) is 29.6 Å². The Bertz CT molecular complexity index is 1210. The number of nitrogens with one attached hydrogen (secondary N) is 2. The van der Waals surface area contributed by atoms with Crippen LogP contribution in [0.2, 0.25) is 0 Å². The summed E-state index contributed by atoms with van der Waals surface area (Å²) in [5.41, 5.74) is 2.64. The standard InChI is InChI=1S/C24H25N3O5S/c1-31-22-12-7-18(17-23(22)33(29,30)27-13-15-32-16-14-27)24(28)26-21-10-8-20(9-11-21)25-19-5-3-2-4-6-19/h2-12,17,25H,13-16H2,1H3,(H,26,28). The van der Waals surface area contributed by atoms with Crippen LogP contribution in [0.4, 0.5) is 17.1 Å². The maximum atomic E-state index is 13.1. The van der Waals surface area contributed by atoms with Gasteiger partial charge < -0.3 is 20.1 Å². The monoisotopic (exact) mass is 467 g/mol. The summed E-state index contributed by atoms with van der Waals surface area (Å²) in [4.78, 5) is 12.8. The molecule has 1 aliphatic rings. The third-order valence-corrected chi connectivity index (χ3v) is 7.14. The van der Waals surface area contributed by atoms with Crippen LogP contribution in [-0.4, -0.2) is 52.0 Å². The summed E-state index contributed by atoms with van der Waals surface area (Å²) in [6, 6.07) is 21.4. The molecular weight excluding hydrogens is 442 g/mol. The third kappa shape index (κ3) is 5.33. The Morgan fingerprint density at radius 3 is 2.21 bits per heavy atom. The second kappa shape index (κ2) is 10.0. The predicted molar refractivity (Wildman–Crippen MR) is 127 cm³/mol. The van der Waals surface area contributed by atoms with Crippen molar-refractivity contribution in [3.8, 4) is 5.75 Å². The molecule has 3 aromatic carbocycles. The van der Waals surface area contributed by atoms with Crippen LogP contribution in [0.15, 0.2) is 77.7 Å². The van der Waals surface area contributed by atoms with E-state index in [0.717, 1.165) is 11.4 Å². The van der Waals surface area contributed by atoms with E-state index in [4.69, 9.17) is 9.47 Å². The van der Waals surface area contributed by atoms with E-state index < -0.39 is 15.9 Å². The first-order valence-corrected chi connectivity index (χ1v) is 11.9. The zero-order valence-corrected chi connectivity index (χ0v) is 19.0. The van der Waals surface area contributed by atoms with E-state index in [1.807, 2.05) is 42.5 Å². The van der Waals surface area contributed by atoms with Gasteiger partial charge in [0, 0.05) is 35.7 Å². The molecule has 33 heavy (non-hydrogen) atoms. The van der Waals surface area contributed by atoms with Gasteiger partial charge in [0.05, 0.1) is 20.3 Å². The molecule has 1 amide bonds. The fraction of sp³-hybridized carbons (Fsp3) is 0.208. The van der Waals surface area contributed by atoms with Crippen LogP contribution in [0, 0.1) is 0 Å². The Hall–Kier alpha value is -3.40. The number of morpholine rings is 1. The second-order valence-electron chi connectivity index (χ2n) is 7.40. The molecule has 0 bridgehead atoms. The van der Waals surface area contributed by atoms with Crippen LogP contribution < -0.4 is 15.4 Å². The first-order chi connectivity index (χ1) is 16.0. The molecule has 2 N–H and O–H groups in total. The number of ether oxygens (including phenoxy) is 2. The van der Waals surface area contributed by atoms with Crippen LogP contribution in [0.3, 0.4) is 0 Å². The van der Waals surface area contributed by atoms with Crippen molar-refractivity contribution in [3.63, 3.8) is 0 Å². The Morgan fingerprint density at radius 1 is 0.909 bits per heavy atom. The van der Waals surface area contributed by atoms with Crippen molar-refractivity contribution < 1.29 is 22.7 Å². The molecule has 172 valence electrons. The van der Waals surface area contributed by atoms with Crippen molar-refractivity contribution in [2.75, 3.05) is 44.0 Å². The minimum atomic E-state index is -3.83. The van der Waals surface area contributed by atoms with Crippen LogP contribution in [0.1, 0.15) is 10.4 Å². The van der Waals surface area contributed by atoms with Gasteiger partial charge >= 0.3 is 0 Å². The molecule has 0 unspecified atom stereocenters. The maximum Gasteiger partial charge on any atom is 0.255 e. The van der Waals surface area contributed by atoms with Gasteiger partial charge in [0.2, 0.25) is 10.0 Å². The van der Waals surface area contributed by atoms with Gasteiger partial charge in [-0.3, -0.25) is 4.79 Å². The summed E-state index contributed by atoms with van der Waals surface area (Å²) in [5.74, 6) is -0.228. The van der Waals surface area contributed by atoms with E-state index in [2.05, 4.69) is 10.6 Å². The first-order valence-electron chi connectivity index (χ1n) is 10.5. The number of anilines is 3. The molecule has 1 saturated heterocycles. The topological polar surface area (TPSA) is 97.0 Å². The number of hydrogen-bond donors (Lipinski definition) is 2. The normalized spacial score (nSPS) is 14.5. The lowest BCUT2D eigenvalue weighted by atomic mass is 10.2. The lowest BCUT2D eigenvalue weighted by molar-refractivity contribution is 0.0729. The average molecular weight is 468 g/mol. The second-order valence-corrected chi connectivity index (χ2v) is 9.31. The van der Waals surface area contributed by atoms with Gasteiger partial charge in [-0.05, 0) is 54.6 Å². The number of rotatable bonds is 7. The van der Waals surface area contributed by atoms with Crippen LogP contribution in [0.25, 0.3) is 0 Å². The molecule has 0 radical (unpaired) electrons. The van der Waals surface area contributed by atoms with E-state index >= 15 is 0 Å². The van der Waals surface area contributed by atoms with E-state index in [-0.39, 0.29) is 29.3 Å². The molecule has 1 heterocycles. The Kier molecular flexibility index (Phi) is 6.93. The molecule has 0 atom stereocenters.